The van der Waals surface area contributed by atoms with E-state index < -0.39 is 49.3 Å². The molecule has 0 radical (unpaired) electrons. The molecule has 0 aromatic carbocycles. The lowest BCUT2D eigenvalue weighted by Crippen LogP contribution is -2.36. The molecule has 112 valence electrons. The lowest BCUT2D eigenvalue weighted by molar-refractivity contribution is -0.0592. The van der Waals surface area contributed by atoms with Crippen molar-refractivity contribution in [2.45, 2.75) is 31.2 Å². The van der Waals surface area contributed by atoms with Crippen molar-refractivity contribution in [3.05, 3.63) is 22.7 Å². The summed E-state index contributed by atoms with van der Waals surface area (Å²) >= 11 is 0. The van der Waals surface area contributed by atoms with Gasteiger partial charge in [-0.1, -0.05) is 0 Å². The largest absolute Gasteiger partial charge is 0.417 e. The van der Waals surface area contributed by atoms with Crippen LogP contribution in [0, 0.1) is 0 Å². The molecule has 0 bridgehead atoms. The van der Waals surface area contributed by atoms with E-state index in [1.54, 1.807) is 0 Å². The van der Waals surface area contributed by atoms with Gasteiger partial charge in [0.1, 0.15) is 18.3 Å². The zero-order valence-corrected chi connectivity index (χ0v) is 9.97. The van der Waals surface area contributed by atoms with Crippen molar-refractivity contribution >= 4 is 0 Å². The quantitative estimate of drug-likeness (QED) is 0.616. The van der Waals surface area contributed by atoms with Gasteiger partial charge in [0.2, 0.25) is 5.88 Å². The third kappa shape index (κ3) is 2.77. The van der Waals surface area contributed by atoms with E-state index in [1.165, 1.54) is 0 Å². The van der Waals surface area contributed by atoms with E-state index in [-0.39, 0.29) is 0 Å². The van der Waals surface area contributed by atoms with Gasteiger partial charge in [-0.2, -0.15) is 13.8 Å². The van der Waals surface area contributed by atoms with Crippen molar-refractivity contribution in [3.8, 4) is 5.88 Å². The Morgan fingerprint density at radius 1 is 1.45 bits per heavy atom. The summed E-state index contributed by atoms with van der Waals surface area (Å²) in [7, 11) is 0. The summed E-state index contributed by atoms with van der Waals surface area (Å²) in [6.07, 6.45) is -4.14. The van der Waals surface area contributed by atoms with Crippen molar-refractivity contribution in [1.29, 1.82) is 0 Å². The summed E-state index contributed by atoms with van der Waals surface area (Å²) in [5, 5.41) is 28.2. The van der Waals surface area contributed by atoms with Gasteiger partial charge >= 0.3 is 12.3 Å². The van der Waals surface area contributed by atoms with Crippen LogP contribution in [-0.2, 0) is 4.74 Å². The van der Waals surface area contributed by atoms with Crippen LogP contribution >= 0.6 is 0 Å². The van der Waals surface area contributed by atoms with Crippen molar-refractivity contribution < 1.29 is 33.6 Å². The minimum absolute atomic E-state index is 0.552. The van der Waals surface area contributed by atoms with Gasteiger partial charge in [0.25, 0.3) is 0 Å². The molecule has 0 spiro atoms. The molecule has 10 heteroatoms. The van der Waals surface area contributed by atoms with Gasteiger partial charge in [0.15, 0.2) is 6.23 Å². The van der Waals surface area contributed by atoms with Crippen LogP contribution in [0.15, 0.2) is 17.1 Å². The van der Waals surface area contributed by atoms with Crippen molar-refractivity contribution in [2.24, 2.45) is 0 Å². The summed E-state index contributed by atoms with van der Waals surface area (Å²) in [6, 6.07) is 0.988. The topological polar surface area (TPSA) is 114 Å². The summed E-state index contributed by atoms with van der Waals surface area (Å²) < 4.78 is 33.8. The predicted octanol–water partition coefficient (Wildman–Crippen LogP) is -1.54. The number of alkyl halides is 2. The molecule has 3 N–H and O–H groups in total. The maximum absolute atomic E-state index is 12.0. The summed E-state index contributed by atoms with van der Waals surface area (Å²) in [4.78, 5) is 14.9. The summed E-state index contributed by atoms with van der Waals surface area (Å²) in [5.74, 6) is -0.576. The number of aliphatic hydroxyl groups excluding tert-OH is 3. The number of nitrogens with zero attached hydrogens (tertiary/aromatic N) is 2. The molecule has 2 heterocycles. The Morgan fingerprint density at radius 2 is 2.15 bits per heavy atom. The van der Waals surface area contributed by atoms with E-state index in [0.717, 1.165) is 16.8 Å². The number of rotatable bonds is 4. The average Bonchev–Trinajstić information content (AvgIpc) is 2.66. The van der Waals surface area contributed by atoms with Crippen LogP contribution in [0.2, 0.25) is 0 Å². The number of aliphatic hydroxyl groups is 3. The van der Waals surface area contributed by atoms with E-state index in [9.17, 15) is 23.8 Å². The molecular formula is C10H12F2N2O6. The van der Waals surface area contributed by atoms with E-state index in [1.807, 2.05) is 0 Å². The molecule has 1 saturated heterocycles. The second-order valence-corrected chi connectivity index (χ2v) is 4.06. The fourth-order valence-corrected chi connectivity index (χ4v) is 1.86. The lowest BCUT2D eigenvalue weighted by Gasteiger charge is -2.17. The third-order valence-corrected chi connectivity index (χ3v) is 2.81. The molecule has 1 aromatic rings. The standard InChI is InChI=1S/C10H12F2N2O6/c11-9(12)20-5-1-2-14(10(18)13-5)8-7(17)6(16)4(3-15)19-8/h1-2,4,6-9,15-17H,3H2. The molecule has 8 nitrogen and oxygen atoms in total. The van der Waals surface area contributed by atoms with Gasteiger partial charge in [-0.3, -0.25) is 4.57 Å². The summed E-state index contributed by atoms with van der Waals surface area (Å²) in [5.41, 5.74) is -1.00. The fraction of sp³-hybridized carbons (Fsp3) is 0.600. The second kappa shape index (κ2) is 5.79. The van der Waals surface area contributed by atoms with Crippen LogP contribution < -0.4 is 10.4 Å². The highest BCUT2D eigenvalue weighted by Gasteiger charge is 2.43. The molecule has 4 unspecified atom stereocenters. The Morgan fingerprint density at radius 3 is 2.65 bits per heavy atom. The normalized spacial score (nSPS) is 29.9. The fourth-order valence-electron chi connectivity index (χ4n) is 1.86. The molecule has 2 rings (SSSR count). The van der Waals surface area contributed by atoms with E-state index >= 15 is 0 Å². The first-order valence-corrected chi connectivity index (χ1v) is 5.60. The molecular weight excluding hydrogens is 282 g/mol. The molecule has 1 aliphatic heterocycles. The van der Waals surface area contributed by atoms with Crippen LogP contribution in [0.5, 0.6) is 5.88 Å². The van der Waals surface area contributed by atoms with E-state index in [4.69, 9.17) is 9.84 Å². The molecule has 0 aliphatic carbocycles. The first kappa shape index (κ1) is 14.8. The Balaban J connectivity index is 2.24. The number of halogens is 2. The number of aromatic nitrogens is 2. The van der Waals surface area contributed by atoms with Gasteiger partial charge in [-0.05, 0) is 0 Å². The SMILES string of the molecule is O=c1nc(OC(F)F)ccn1C1OC(CO)C(O)C1O. The van der Waals surface area contributed by atoms with Gasteiger partial charge in [0.05, 0.1) is 6.61 Å². The Kier molecular flexibility index (Phi) is 4.28. The monoisotopic (exact) mass is 294 g/mol. The molecule has 1 aliphatic rings. The molecule has 1 fully saturated rings. The number of ether oxygens (including phenoxy) is 2. The van der Waals surface area contributed by atoms with Crippen molar-refractivity contribution in [3.63, 3.8) is 0 Å². The smallest absolute Gasteiger partial charge is 0.388 e. The highest BCUT2D eigenvalue weighted by Crippen LogP contribution is 2.28. The van der Waals surface area contributed by atoms with Crippen molar-refractivity contribution in [2.75, 3.05) is 6.61 Å². The maximum Gasteiger partial charge on any atom is 0.388 e. The Hall–Kier alpha value is -1.62. The van der Waals surface area contributed by atoms with E-state index in [0.29, 0.717) is 0 Å². The summed E-state index contributed by atoms with van der Waals surface area (Å²) in [6.45, 7) is -3.67. The van der Waals surface area contributed by atoms with Crippen LogP contribution in [0.25, 0.3) is 0 Å². The molecule has 0 saturated carbocycles. The molecule has 0 amide bonds. The Labute approximate surface area is 110 Å². The zero-order chi connectivity index (χ0) is 14.9. The van der Waals surface area contributed by atoms with Gasteiger partial charge < -0.3 is 24.8 Å². The average molecular weight is 294 g/mol. The minimum Gasteiger partial charge on any atom is -0.417 e. The number of hydrogen-bond donors (Lipinski definition) is 3. The first-order chi connectivity index (χ1) is 9.43. The first-order valence-electron chi connectivity index (χ1n) is 5.60. The van der Waals surface area contributed by atoms with Gasteiger partial charge in [-0.25, -0.2) is 4.79 Å². The van der Waals surface area contributed by atoms with Crippen LogP contribution in [0.3, 0.4) is 0 Å². The predicted molar refractivity (Wildman–Crippen MR) is 58.1 cm³/mol. The molecule has 20 heavy (non-hydrogen) atoms. The van der Waals surface area contributed by atoms with E-state index in [2.05, 4.69) is 9.72 Å². The van der Waals surface area contributed by atoms with Crippen LogP contribution in [0.1, 0.15) is 6.23 Å². The van der Waals surface area contributed by atoms with Crippen LogP contribution in [-0.4, -0.2) is 56.4 Å². The van der Waals surface area contributed by atoms with Gasteiger partial charge in [-0.15, -0.1) is 0 Å². The lowest BCUT2D eigenvalue weighted by atomic mass is 10.1. The second-order valence-electron chi connectivity index (χ2n) is 4.06. The highest BCUT2D eigenvalue weighted by atomic mass is 19.3. The van der Waals surface area contributed by atoms with Gasteiger partial charge in [0, 0.05) is 12.3 Å². The number of hydrogen-bond acceptors (Lipinski definition) is 7. The molecule has 1 aromatic heterocycles. The van der Waals surface area contributed by atoms with Crippen LogP contribution in [0.4, 0.5) is 8.78 Å². The van der Waals surface area contributed by atoms with Crippen molar-refractivity contribution in [1.82, 2.24) is 9.55 Å². The highest BCUT2D eigenvalue weighted by molar-refractivity contribution is 5.07. The minimum atomic E-state index is -3.12. The maximum atomic E-state index is 12.0. The third-order valence-electron chi connectivity index (χ3n) is 2.81. The molecule has 4 atom stereocenters. The zero-order valence-electron chi connectivity index (χ0n) is 9.97. The Bertz CT molecular complexity index is 525.